The van der Waals surface area contributed by atoms with Crippen LogP contribution in [0, 0.1) is 0 Å². The van der Waals surface area contributed by atoms with Gasteiger partial charge in [-0.2, -0.15) is 0 Å². The van der Waals surface area contributed by atoms with Crippen molar-refractivity contribution in [3.05, 3.63) is 69.7 Å². The molecule has 8 heteroatoms. The molecule has 2 aromatic carbocycles. The molecule has 4 rings (SSSR count). The van der Waals surface area contributed by atoms with Crippen LogP contribution in [0.5, 0.6) is 0 Å². The van der Waals surface area contributed by atoms with Crippen LogP contribution >= 0.6 is 11.3 Å². The third-order valence-electron chi connectivity index (χ3n) is 4.85. The summed E-state index contributed by atoms with van der Waals surface area (Å²) in [5.41, 5.74) is 3.15. The zero-order valence-corrected chi connectivity index (χ0v) is 17.7. The molecule has 2 N–H and O–H groups in total. The quantitative estimate of drug-likeness (QED) is 0.608. The Morgan fingerprint density at radius 2 is 1.83 bits per heavy atom. The average molecular weight is 422 g/mol. The first-order valence-electron chi connectivity index (χ1n) is 9.79. The highest BCUT2D eigenvalue weighted by Crippen LogP contribution is 2.41. The van der Waals surface area contributed by atoms with Gasteiger partial charge >= 0.3 is 0 Å². The van der Waals surface area contributed by atoms with E-state index in [0.29, 0.717) is 28.7 Å². The largest absolute Gasteiger partial charge is 0.378 e. The molecule has 1 fully saturated rings. The number of amides is 2. The van der Waals surface area contributed by atoms with Crippen LogP contribution < -0.4 is 15.5 Å². The topological polar surface area (TPSA) is 87.2 Å². The molecule has 1 aliphatic carbocycles. The smallest absolute Gasteiger partial charge is 0.286 e. The van der Waals surface area contributed by atoms with Gasteiger partial charge in [0.2, 0.25) is 5.01 Å². The molecule has 0 saturated heterocycles. The molecule has 1 saturated carbocycles. The molecular formula is C22H23N5O2S. The summed E-state index contributed by atoms with van der Waals surface area (Å²) in [7, 11) is 3.97. The Bertz CT molecular complexity index is 1060. The third-order valence-corrected chi connectivity index (χ3v) is 5.93. The van der Waals surface area contributed by atoms with Crippen molar-refractivity contribution in [2.45, 2.75) is 25.3 Å². The minimum Gasteiger partial charge on any atom is -0.378 e. The fraction of sp³-hybridized carbons (Fsp3) is 0.273. The van der Waals surface area contributed by atoms with Crippen molar-refractivity contribution < 1.29 is 9.59 Å². The van der Waals surface area contributed by atoms with Gasteiger partial charge in [0.1, 0.15) is 5.01 Å². The molecule has 30 heavy (non-hydrogen) atoms. The molecule has 7 nitrogen and oxygen atoms in total. The average Bonchev–Trinajstić information content (AvgIpc) is 3.48. The van der Waals surface area contributed by atoms with Crippen molar-refractivity contribution >= 4 is 34.5 Å². The second-order valence-corrected chi connectivity index (χ2v) is 8.51. The maximum absolute atomic E-state index is 12.5. The van der Waals surface area contributed by atoms with Gasteiger partial charge in [0.05, 0.1) is 0 Å². The number of aromatic nitrogens is 2. The van der Waals surface area contributed by atoms with E-state index in [4.69, 9.17) is 0 Å². The molecule has 0 aliphatic heterocycles. The van der Waals surface area contributed by atoms with Gasteiger partial charge < -0.3 is 15.5 Å². The lowest BCUT2D eigenvalue weighted by molar-refractivity contribution is 0.0949. The summed E-state index contributed by atoms with van der Waals surface area (Å²) in [6.45, 7) is 0.428. The highest BCUT2D eigenvalue weighted by atomic mass is 32.1. The van der Waals surface area contributed by atoms with Crippen LogP contribution in [0.3, 0.4) is 0 Å². The zero-order valence-electron chi connectivity index (χ0n) is 16.9. The molecule has 1 aromatic heterocycles. The number of nitrogens with zero attached hydrogens (tertiary/aromatic N) is 3. The molecule has 3 aromatic rings. The summed E-state index contributed by atoms with van der Waals surface area (Å²) in [6.07, 6.45) is 2.24. The first-order valence-corrected chi connectivity index (χ1v) is 10.6. The number of carbonyl (C=O) groups is 2. The Morgan fingerprint density at radius 1 is 1.07 bits per heavy atom. The summed E-state index contributed by atoms with van der Waals surface area (Å²) >= 11 is 1.33. The van der Waals surface area contributed by atoms with Crippen LogP contribution in [0.2, 0.25) is 0 Å². The van der Waals surface area contributed by atoms with Gasteiger partial charge in [-0.3, -0.25) is 9.59 Å². The van der Waals surface area contributed by atoms with Gasteiger partial charge in [0, 0.05) is 43.5 Å². The van der Waals surface area contributed by atoms with Crippen molar-refractivity contribution in [3.8, 4) is 0 Å². The van der Waals surface area contributed by atoms with E-state index in [0.717, 1.165) is 29.1 Å². The Labute approximate surface area is 179 Å². The van der Waals surface area contributed by atoms with Gasteiger partial charge in [-0.05, 0) is 48.7 Å². The van der Waals surface area contributed by atoms with Crippen molar-refractivity contribution in [2.24, 2.45) is 0 Å². The summed E-state index contributed by atoms with van der Waals surface area (Å²) in [6, 6.07) is 14.9. The van der Waals surface area contributed by atoms with Crippen LogP contribution in [0.25, 0.3) is 0 Å². The standard InChI is InChI=1S/C22H23N5O2S/c1-27(2)18-10-6-14(7-11-18)13-23-19(28)16-4-3-5-17(12-16)24-20(29)22-26-25-21(30-22)15-8-9-15/h3-7,10-12,15H,8-9,13H2,1-2H3,(H,23,28)(H,24,29). The van der Waals surface area contributed by atoms with E-state index < -0.39 is 0 Å². The van der Waals surface area contributed by atoms with E-state index >= 15 is 0 Å². The van der Waals surface area contributed by atoms with Crippen LogP contribution in [0.15, 0.2) is 48.5 Å². The second-order valence-electron chi connectivity index (χ2n) is 7.50. The molecule has 0 bridgehead atoms. The molecule has 1 aliphatic rings. The van der Waals surface area contributed by atoms with Gasteiger partial charge in [0.15, 0.2) is 0 Å². The van der Waals surface area contributed by atoms with E-state index in [2.05, 4.69) is 20.8 Å². The molecule has 1 heterocycles. The third kappa shape index (κ3) is 4.83. The summed E-state index contributed by atoms with van der Waals surface area (Å²) < 4.78 is 0. The van der Waals surface area contributed by atoms with E-state index in [1.807, 2.05) is 43.3 Å². The number of hydrogen-bond acceptors (Lipinski definition) is 6. The van der Waals surface area contributed by atoms with E-state index in [1.54, 1.807) is 24.3 Å². The number of carbonyl (C=O) groups excluding carboxylic acids is 2. The highest BCUT2D eigenvalue weighted by molar-refractivity contribution is 7.13. The Hall–Kier alpha value is -3.26. The molecule has 0 atom stereocenters. The Morgan fingerprint density at radius 3 is 2.53 bits per heavy atom. The summed E-state index contributed by atoms with van der Waals surface area (Å²) in [5, 5.41) is 15.1. The Kier molecular flexibility index (Phi) is 5.76. The lowest BCUT2D eigenvalue weighted by Crippen LogP contribution is -2.23. The van der Waals surface area contributed by atoms with E-state index in [1.165, 1.54) is 11.3 Å². The maximum Gasteiger partial charge on any atom is 0.286 e. The first kappa shape index (κ1) is 20.0. The van der Waals surface area contributed by atoms with Crippen molar-refractivity contribution in [1.29, 1.82) is 0 Å². The predicted molar refractivity (Wildman–Crippen MR) is 118 cm³/mol. The van der Waals surface area contributed by atoms with Crippen molar-refractivity contribution in [1.82, 2.24) is 15.5 Å². The zero-order chi connectivity index (χ0) is 21.1. The lowest BCUT2D eigenvalue weighted by Gasteiger charge is -2.13. The van der Waals surface area contributed by atoms with Crippen LogP contribution in [0.1, 0.15) is 49.5 Å². The van der Waals surface area contributed by atoms with E-state index in [9.17, 15) is 9.59 Å². The lowest BCUT2D eigenvalue weighted by atomic mass is 10.1. The van der Waals surface area contributed by atoms with Crippen molar-refractivity contribution in [3.63, 3.8) is 0 Å². The number of anilines is 2. The number of nitrogens with one attached hydrogen (secondary N) is 2. The minimum absolute atomic E-state index is 0.199. The normalized spacial score (nSPS) is 13.0. The van der Waals surface area contributed by atoms with Crippen molar-refractivity contribution in [2.75, 3.05) is 24.3 Å². The van der Waals surface area contributed by atoms with Crippen LogP contribution in [-0.4, -0.2) is 36.1 Å². The predicted octanol–water partition coefficient (Wildman–Crippen LogP) is 3.66. The van der Waals surface area contributed by atoms with Gasteiger partial charge in [0.25, 0.3) is 11.8 Å². The first-order chi connectivity index (χ1) is 14.5. The number of benzene rings is 2. The number of hydrogen-bond donors (Lipinski definition) is 2. The fourth-order valence-corrected chi connectivity index (χ4v) is 3.85. The summed E-state index contributed by atoms with van der Waals surface area (Å²) in [5.74, 6) is -0.0391. The molecule has 0 unspecified atom stereocenters. The number of rotatable bonds is 7. The molecular weight excluding hydrogens is 398 g/mol. The maximum atomic E-state index is 12.5. The van der Waals surface area contributed by atoms with Gasteiger partial charge in [-0.1, -0.05) is 29.5 Å². The monoisotopic (exact) mass is 421 g/mol. The molecule has 0 radical (unpaired) electrons. The van der Waals surface area contributed by atoms with Crippen LogP contribution in [0.4, 0.5) is 11.4 Å². The van der Waals surface area contributed by atoms with Crippen LogP contribution in [-0.2, 0) is 6.54 Å². The van der Waals surface area contributed by atoms with E-state index in [-0.39, 0.29) is 11.8 Å². The Balaban J connectivity index is 1.35. The van der Waals surface area contributed by atoms with Gasteiger partial charge in [-0.25, -0.2) is 0 Å². The molecule has 0 spiro atoms. The minimum atomic E-state index is -0.307. The highest BCUT2D eigenvalue weighted by Gasteiger charge is 2.28. The molecule has 154 valence electrons. The second kappa shape index (κ2) is 8.62. The molecule has 2 amide bonds. The van der Waals surface area contributed by atoms with Gasteiger partial charge in [-0.15, -0.1) is 10.2 Å². The fourth-order valence-electron chi connectivity index (χ4n) is 2.94. The summed E-state index contributed by atoms with van der Waals surface area (Å²) in [4.78, 5) is 27.0. The SMILES string of the molecule is CN(C)c1ccc(CNC(=O)c2cccc(NC(=O)c3nnc(C4CC4)s3)c2)cc1.